The Morgan fingerprint density at radius 1 is 1.00 bits per heavy atom. The van der Waals surface area contributed by atoms with Crippen molar-refractivity contribution >= 4 is 38.5 Å². The topological polar surface area (TPSA) is 20.2 Å². The minimum Gasteiger partial charge on any atom is -0.369 e. The highest BCUT2D eigenvalue weighted by Crippen LogP contribution is 2.50. The minimum atomic E-state index is -5.86. The average molecular weight is 449 g/mol. The summed E-state index contributed by atoms with van der Waals surface area (Å²) in [6.45, 7) is 0. The summed E-state index contributed by atoms with van der Waals surface area (Å²) in [7, 11) is 0. The molecule has 1 nitrogen and oxygen atoms in total. The van der Waals surface area contributed by atoms with Gasteiger partial charge in [0.2, 0.25) is 0 Å². The van der Waals surface area contributed by atoms with Gasteiger partial charge in [0, 0.05) is 13.6 Å². The molecule has 1 aromatic carbocycles. The fourth-order valence-electron chi connectivity index (χ4n) is 1.21. The molecule has 18 heavy (non-hydrogen) atoms. The van der Waals surface area contributed by atoms with Crippen LogP contribution in [0.3, 0.4) is 0 Å². The summed E-state index contributed by atoms with van der Waals surface area (Å²) in [5.41, 5.74) is -6.16. The Morgan fingerprint density at radius 2 is 1.44 bits per heavy atom. The van der Waals surface area contributed by atoms with Crippen LogP contribution >= 0.6 is 38.5 Å². The van der Waals surface area contributed by atoms with Crippen LogP contribution in [-0.2, 0) is 5.60 Å². The van der Waals surface area contributed by atoms with Crippen LogP contribution in [0.5, 0.6) is 0 Å². The van der Waals surface area contributed by atoms with Gasteiger partial charge in [0.15, 0.2) is 0 Å². The van der Waals surface area contributed by atoms with Crippen molar-refractivity contribution in [2.75, 3.05) is 0 Å². The van der Waals surface area contributed by atoms with Gasteiger partial charge in [-0.3, -0.25) is 0 Å². The van der Waals surface area contributed by atoms with Crippen LogP contribution in [0.2, 0.25) is 0 Å². The van der Waals surface area contributed by atoms with E-state index >= 15 is 0 Å². The highest BCUT2D eigenvalue weighted by atomic mass is 127. The zero-order chi connectivity index (χ0) is 14.4. The van der Waals surface area contributed by atoms with Gasteiger partial charge in [0.05, 0.1) is 0 Å². The second kappa shape index (κ2) is 4.82. The summed E-state index contributed by atoms with van der Waals surface area (Å²) in [6.07, 6.45) is -11.7. The summed E-state index contributed by atoms with van der Waals surface area (Å²) >= 11 is 4.54. The number of hydrogen-bond acceptors (Lipinski definition) is 1. The van der Waals surface area contributed by atoms with Gasteiger partial charge in [-0.15, -0.1) is 0 Å². The first-order valence-corrected chi connectivity index (χ1v) is 6.10. The van der Waals surface area contributed by atoms with Gasteiger partial charge in [0.25, 0.3) is 5.60 Å². The molecule has 0 saturated carbocycles. The molecule has 0 bridgehead atoms. The number of aliphatic hydroxyl groups is 1. The lowest BCUT2D eigenvalue weighted by Crippen LogP contribution is -2.53. The molecule has 0 aliphatic rings. The molecule has 0 radical (unpaired) electrons. The lowest BCUT2D eigenvalue weighted by molar-refractivity contribution is -0.376. The van der Waals surface area contributed by atoms with E-state index < -0.39 is 23.5 Å². The third kappa shape index (κ3) is 2.62. The highest BCUT2D eigenvalue weighted by molar-refractivity contribution is 14.1. The van der Waals surface area contributed by atoms with Crippen LogP contribution in [0.15, 0.2) is 22.7 Å². The number of benzene rings is 1. The molecule has 0 spiro atoms. The Kier molecular flexibility index (Phi) is 4.29. The molecule has 0 amide bonds. The molecular formula is C9H4BrF6IO. The number of alkyl halides is 6. The van der Waals surface area contributed by atoms with Crippen molar-refractivity contribution < 1.29 is 31.4 Å². The first-order chi connectivity index (χ1) is 7.91. The molecule has 0 aliphatic carbocycles. The van der Waals surface area contributed by atoms with Crippen molar-refractivity contribution in [3.63, 3.8) is 0 Å². The molecule has 0 fully saturated rings. The van der Waals surface area contributed by atoms with Crippen LogP contribution in [-0.4, -0.2) is 17.5 Å². The van der Waals surface area contributed by atoms with E-state index in [2.05, 4.69) is 15.9 Å². The van der Waals surface area contributed by atoms with Crippen molar-refractivity contribution in [3.05, 3.63) is 31.8 Å². The second-order valence-corrected chi connectivity index (χ2v) is 5.35. The van der Waals surface area contributed by atoms with Crippen LogP contribution < -0.4 is 0 Å². The molecule has 1 rings (SSSR count). The lowest BCUT2D eigenvalue weighted by atomic mass is 9.92. The van der Waals surface area contributed by atoms with E-state index in [1.807, 2.05) is 0 Å². The molecule has 0 aromatic heterocycles. The Bertz CT molecular complexity index is 441. The van der Waals surface area contributed by atoms with Crippen LogP contribution in [0.1, 0.15) is 5.56 Å². The molecule has 0 heterocycles. The van der Waals surface area contributed by atoms with E-state index in [0.717, 1.165) is 6.07 Å². The lowest BCUT2D eigenvalue weighted by Gasteiger charge is -2.32. The number of halogens is 8. The van der Waals surface area contributed by atoms with Gasteiger partial charge in [-0.1, -0.05) is 6.07 Å². The molecule has 1 N–H and O–H groups in total. The largest absolute Gasteiger partial charge is 0.430 e. The van der Waals surface area contributed by atoms with Crippen LogP contribution in [0, 0.1) is 3.57 Å². The predicted octanol–water partition coefficient (Wildman–Crippen LogP) is 4.37. The van der Waals surface area contributed by atoms with E-state index in [1.165, 1.54) is 0 Å². The molecule has 0 aliphatic heterocycles. The van der Waals surface area contributed by atoms with Crippen LogP contribution in [0.4, 0.5) is 26.3 Å². The van der Waals surface area contributed by atoms with Crippen LogP contribution in [0.25, 0.3) is 0 Å². The SMILES string of the molecule is OC(c1ccc(I)c(Br)c1)(C(F)(F)F)C(F)(F)F. The fourth-order valence-corrected chi connectivity index (χ4v) is 1.92. The third-order valence-electron chi connectivity index (χ3n) is 2.16. The van der Waals surface area contributed by atoms with E-state index in [4.69, 9.17) is 5.11 Å². The first-order valence-electron chi connectivity index (χ1n) is 4.22. The van der Waals surface area contributed by atoms with E-state index in [1.54, 1.807) is 22.6 Å². The van der Waals surface area contributed by atoms with Crippen molar-refractivity contribution in [3.8, 4) is 0 Å². The Labute approximate surface area is 119 Å². The van der Waals surface area contributed by atoms with E-state index in [-0.39, 0.29) is 4.47 Å². The van der Waals surface area contributed by atoms with Gasteiger partial charge in [-0.2, -0.15) is 26.3 Å². The first kappa shape index (κ1) is 16.0. The molecule has 0 atom stereocenters. The molecule has 0 saturated heterocycles. The van der Waals surface area contributed by atoms with Gasteiger partial charge in [0.1, 0.15) is 0 Å². The van der Waals surface area contributed by atoms with Crippen molar-refractivity contribution in [2.24, 2.45) is 0 Å². The number of hydrogen-bond donors (Lipinski definition) is 1. The standard InChI is InChI=1S/C9H4BrF6IO/c10-5-3-4(1-2-6(5)17)7(18,8(11,12)13)9(14,15)16/h1-3,18H. The quantitative estimate of drug-likeness (QED) is 0.500. The van der Waals surface area contributed by atoms with Gasteiger partial charge in [-0.25, -0.2) is 0 Å². The van der Waals surface area contributed by atoms with Crippen molar-refractivity contribution in [2.45, 2.75) is 18.0 Å². The van der Waals surface area contributed by atoms with E-state index in [9.17, 15) is 26.3 Å². The summed E-state index contributed by atoms with van der Waals surface area (Å²) in [5.74, 6) is 0. The maximum Gasteiger partial charge on any atom is 0.430 e. The summed E-state index contributed by atoms with van der Waals surface area (Å²) in [5, 5.41) is 9.10. The monoisotopic (exact) mass is 448 g/mol. The maximum atomic E-state index is 12.5. The minimum absolute atomic E-state index is 0.0347. The Morgan fingerprint density at radius 3 is 1.78 bits per heavy atom. The highest BCUT2D eigenvalue weighted by Gasteiger charge is 2.71. The zero-order valence-electron chi connectivity index (χ0n) is 8.20. The maximum absolute atomic E-state index is 12.5. The Hall–Kier alpha value is -0.0300. The van der Waals surface area contributed by atoms with Gasteiger partial charge < -0.3 is 5.11 Å². The van der Waals surface area contributed by atoms with E-state index in [0.29, 0.717) is 15.7 Å². The third-order valence-corrected chi connectivity index (χ3v) is 4.50. The molecule has 9 heteroatoms. The molecule has 1 aromatic rings. The Balaban J connectivity index is 3.51. The molecular weight excluding hydrogens is 445 g/mol. The zero-order valence-corrected chi connectivity index (χ0v) is 11.9. The molecule has 0 unspecified atom stereocenters. The predicted molar refractivity (Wildman–Crippen MR) is 62.9 cm³/mol. The normalized spacial score (nSPS) is 13.8. The molecule has 102 valence electrons. The summed E-state index contributed by atoms with van der Waals surface area (Å²) in [6, 6.07) is 2.23. The smallest absolute Gasteiger partial charge is 0.369 e. The number of rotatable bonds is 1. The van der Waals surface area contributed by atoms with Gasteiger partial charge >= 0.3 is 12.4 Å². The fraction of sp³-hybridized carbons (Fsp3) is 0.333. The van der Waals surface area contributed by atoms with Gasteiger partial charge in [-0.05, 0) is 50.7 Å². The average Bonchev–Trinajstić information content (AvgIpc) is 2.17. The van der Waals surface area contributed by atoms with Crippen molar-refractivity contribution in [1.29, 1.82) is 0 Å². The summed E-state index contributed by atoms with van der Waals surface area (Å²) in [4.78, 5) is 0. The summed E-state index contributed by atoms with van der Waals surface area (Å²) < 4.78 is 75.6. The van der Waals surface area contributed by atoms with Crippen molar-refractivity contribution in [1.82, 2.24) is 0 Å². The second-order valence-electron chi connectivity index (χ2n) is 3.33.